The van der Waals surface area contributed by atoms with Gasteiger partial charge in [-0.1, -0.05) is 19.1 Å². The zero-order valence-corrected chi connectivity index (χ0v) is 11.5. The first kappa shape index (κ1) is 12.9. The fourth-order valence-corrected chi connectivity index (χ4v) is 2.83. The van der Waals surface area contributed by atoms with Gasteiger partial charge in [0, 0.05) is 5.69 Å². The molecular formula is C16H18N2O2. The van der Waals surface area contributed by atoms with E-state index in [1.165, 1.54) is 5.56 Å². The Morgan fingerprint density at radius 3 is 2.80 bits per heavy atom. The van der Waals surface area contributed by atoms with Crippen molar-refractivity contribution in [1.82, 2.24) is 9.78 Å². The summed E-state index contributed by atoms with van der Waals surface area (Å²) in [5, 5.41) is 13.6. The molecule has 1 aliphatic rings. The average molecular weight is 270 g/mol. The van der Waals surface area contributed by atoms with Gasteiger partial charge in [-0.3, -0.25) is 4.79 Å². The number of aromatic nitrogens is 2. The van der Waals surface area contributed by atoms with Crippen LogP contribution >= 0.6 is 0 Å². The number of aliphatic carboxylic acids is 1. The van der Waals surface area contributed by atoms with Gasteiger partial charge in [-0.15, -0.1) is 0 Å². The summed E-state index contributed by atoms with van der Waals surface area (Å²) in [6, 6.07) is 8.39. The van der Waals surface area contributed by atoms with Crippen molar-refractivity contribution in [2.45, 2.75) is 32.6 Å². The molecule has 1 heterocycles. The maximum Gasteiger partial charge on any atom is 0.306 e. The highest BCUT2D eigenvalue weighted by molar-refractivity contribution is 5.71. The van der Waals surface area contributed by atoms with Crippen LogP contribution in [0.25, 0.3) is 5.69 Å². The lowest BCUT2D eigenvalue weighted by atomic mass is 9.88. The van der Waals surface area contributed by atoms with Gasteiger partial charge >= 0.3 is 5.97 Å². The molecule has 1 aromatic heterocycles. The van der Waals surface area contributed by atoms with Gasteiger partial charge in [0.1, 0.15) is 0 Å². The molecular weight excluding hydrogens is 252 g/mol. The van der Waals surface area contributed by atoms with Crippen LogP contribution in [0.1, 0.15) is 30.2 Å². The number of hydrogen-bond donors (Lipinski definition) is 1. The van der Waals surface area contributed by atoms with Crippen LogP contribution in [0.4, 0.5) is 0 Å². The van der Waals surface area contributed by atoms with Crippen molar-refractivity contribution in [3.63, 3.8) is 0 Å². The Morgan fingerprint density at radius 2 is 2.15 bits per heavy atom. The Kier molecular flexibility index (Phi) is 3.30. The maximum atomic E-state index is 11.1. The van der Waals surface area contributed by atoms with Crippen LogP contribution in [0.2, 0.25) is 0 Å². The fraction of sp³-hybridized carbons (Fsp3) is 0.375. The molecule has 4 heteroatoms. The highest BCUT2D eigenvalue weighted by Gasteiger charge is 2.27. The minimum Gasteiger partial charge on any atom is -0.481 e. The molecule has 104 valence electrons. The number of benzene rings is 1. The van der Waals surface area contributed by atoms with E-state index >= 15 is 0 Å². The summed E-state index contributed by atoms with van der Waals surface area (Å²) in [5.41, 5.74) is 4.59. The summed E-state index contributed by atoms with van der Waals surface area (Å²) in [6.07, 6.45) is 4.91. The van der Waals surface area contributed by atoms with Gasteiger partial charge in [0.05, 0.1) is 17.8 Å². The summed E-state index contributed by atoms with van der Waals surface area (Å²) in [6.45, 7) is 2.14. The normalized spacial score (nSPS) is 17.8. The second-order valence-corrected chi connectivity index (χ2v) is 5.33. The maximum absolute atomic E-state index is 11.1. The van der Waals surface area contributed by atoms with E-state index in [4.69, 9.17) is 5.11 Å². The molecule has 0 bridgehead atoms. The number of carboxylic acids is 1. The first-order valence-corrected chi connectivity index (χ1v) is 7.07. The lowest BCUT2D eigenvalue weighted by Crippen LogP contribution is -2.22. The summed E-state index contributed by atoms with van der Waals surface area (Å²) in [7, 11) is 0. The predicted molar refractivity (Wildman–Crippen MR) is 76.1 cm³/mol. The Bertz CT molecular complexity index is 628. The predicted octanol–water partition coefficient (Wildman–Crippen LogP) is 2.62. The van der Waals surface area contributed by atoms with Crippen molar-refractivity contribution in [2.24, 2.45) is 5.92 Å². The third-order valence-electron chi connectivity index (χ3n) is 4.09. The number of fused-ring (bicyclic) bond motifs is 1. The van der Waals surface area contributed by atoms with E-state index in [9.17, 15) is 4.79 Å². The molecule has 0 spiro atoms. The van der Waals surface area contributed by atoms with Crippen LogP contribution in [0, 0.1) is 5.92 Å². The van der Waals surface area contributed by atoms with Crippen molar-refractivity contribution in [1.29, 1.82) is 0 Å². The molecule has 4 nitrogen and oxygen atoms in total. The second-order valence-electron chi connectivity index (χ2n) is 5.33. The van der Waals surface area contributed by atoms with E-state index in [1.807, 2.05) is 10.9 Å². The van der Waals surface area contributed by atoms with E-state index < -0.39 is 5.97 Å². The summed E-state index contributed by atoms with van der Waals surface area (Å²) in [5.74, 6) is -0.960. The molecule has 1 aromatic carbocycles. The minimum absolute atomic E-state index is 0.261. The van der Waals surface area contributed by atoms with E-state index in [-0.39, 0.29) is 5.92 Å². The molecule has 0 amide bonds. The quantitative estimate of drug-likeness (QED) is 0.932. The van der Waals surface area contributed by atoms with Gasteiger partial charge in [-0.2, -0.15) is 5.10 Å². The van der Waals surface area contributed by atoms with Crippen molar-refractivity contribution in [3.05, 3.63) is 47.3 Å². The van der Waals surface area contributed by atoms with Gasteiger partial charge in [0.2, 0.25) is 0 Å². The molecule has 0 saturated heterocycles. The highest BCUT2D eigenvalue weighted by Crippen LogP contribution is 2.27. The van der Waals surface area contributed by atoms with Gasteiger partial charge in [0.25, 0.3) is 0 Å². The molecule has 1 unspecified atom stereocenters. The summed E-state index contributed by atoms with van der Waals surface area (Å²) in [4.78, 5) is 11.1. The SMILES string of the molecule is CCc1ccc(-n2ncc3c2CCC(C(=O)O)C3)cc1. The Balaban J connectivity index is 1.91. The largest absolute Gasteiger partial charge is 0.481 e. The fourth-order valence-electron chi connectivity index (χ4n) is 2.83. The summed E-state index contributed by atoms with van der Waals surface area (Å²) < 4.78 is 1.95. The van der Waals surface area contributed by atoms with Crippen molar-refractivity contribution in [2.75, 3.05) is 0 Å². The average Bonchev–Trinajstić information content (AvgIpc) is 2.90. The van der Waals surface area contributed by atoms with Crippen LogP contribution < -0.4 is 0 Å². The Hall–Kier alpha value is -2.10. The summed E-state index contributed by atoms with van der Waals surface area (Å²) >= 11 is 0. The van der Waals surface area contributed by atoms with E-state index in [2.05, 4.69) is 36.3 Å². The zero-order chi connectivity index (χ0) is 14.1. The number of carboxylic acid groups (broad SMARTS) is 1. The standard InChI is InChI=1S/C16H18N2O2/c1-2-11-3-6-14(7-4-11)18-15-8-5-12(16(19)20)9-13(15)10-17-18/h3-4,6-7,10,12H,2,5,8-9H2,1H3,(H,19,20). The molecule has 3 rings (SSSR count). The van der Waals surface area contributed by atoms with Crippen molar-refractivity contribution >= 4 is 5.97 Å². The van der Waals surface area contributed by atoms with E-state index in [0.717, 1.165) is 29.8 Å². The molecule has 0 fully saturated rings. The topological polar surface area (TPSA) is 55.1 Å². The number of hydrogen-bond acceptors (Lipinski definition) is 2. The van der Waals surface area contributed by atoms with Gasteiger partial charge in [-0.25, -0.2) is 4.68 Å². The van der Waals surface area contributed by atoms with Gasteiger partial charge in [-0.05, 0) is 48.9 Å². The molecule has 1 atom stereocenters. The molecule has 2 aromatic rings. The van der Waals surface area contributed by atoms with Crippen LogP contribution in [-0.4, -0.2) is 20.9 Å². The van der Waals surface area contributed by atoms with Gasteiger partial charge in [0.15, 0.2) is 0 Å². The third kappa shape index (κ3) is 2.22. The monoisotopic (exact) mass is 270 g/mol. The van der Waals surface area contributed by atoms with Gasteiger partial charge < -0.3 is 5.11 Å². The van der Waals surface area contributed by atoms with Crippen LogP contribution in [0.15, 0.2) is 30.5 Å². The van der Waals surface area contributed by atoms with E-state index in [1.54, 1.807) is 0 Å². The third-order valence-corrected chi connectivity index (χ3v) is 4.09. The Labute approximate surface area is 118 Å². The molecule has 0 aliphatic heterocycles. The van der Waals surface area contributed by atoms with Crippen LogP contribution in [0.5, 0.6) is 0 Å². The molecule has 1 aliphatic carbocycles. The number of nitrogens with zero attached hydrogens (tertiary/aromatic N) is 2. The smallest absolute Gasteiger partial charge is 0.306 e. The number of carbonyl (C=O) groups is 1. The first-order valence-electron chi connectivity index (χ1n) is 7.07. The Morgan fingerprint density at radius 1 is 1.40 bits per heavy atom. The number of aryl methyl sites for hydroxylation is 1. The van der Waals surface area contributed by atoms with Crippen LogP contribution in [-0.2, 0) is 24.1 Å². The molecule has 0 saturated carbocycles. The first-order chi connectivity index (χ1) is 9.69. The minimum atomic E-state index is -0.698. The lowest BCUT2D eigenvalue weighted by molar-refractivity contribution is -0.142. The second kappa shape index (κ2) is 5.12. The van der Waals surface area contributed by atoms with E-state index in [0.29, 0.717) is 12.8 Å². The molecule has 20 heavy (non-hydrogen) atoms. The van der Waals surface area contributed by atoms with Crippen LogP contribution in [0.3, 0.4) is 0 Å². The molecule has 1 N–H and O–H groups in total. The molecule has 0 radical (unpaired) electrons. The van der Waals surface area contributed by atoms with Crippen molar-refractivity contribution < 1.29 is 9.90 Å². The van der Waals surface area contributed by atoms with Crippen molar-refractivity contribution in [3.8, 4) is 5.69 Å². The lowest BCUT2D eigenvalue weighted by Gasteiger charge is -2.19. The zero-order valence-electron chi connectivity index (χ0n) is 11.5. The number of rotatable bonds is 3. The highest BCUT2D eigenvalue weighted by atomic mass is 16.4.